The molecule has 0 aromatic heterocycles. The van der Waals surface area contributed by atoms with E-state index in [0.29, 0.717) is 17.5 Å². The highest BCUT2D eigenvalue weighted by Crippen LogP contribution is 2.49. The first-order chi connectivity index (χ1) is 15.1. The number of anilines is 1. The van der Waals surface area contributed by atoms with E-state index in [1.807, 2.05) is 6.92 Å². The number of amides is 1. The summed E-state index contributed by atoms with van der Waals surface area (Å²) in [5.74, 6) is 1.09. The molecule has 10 heteroatoms. The molecule has 0 saturated heterocycles. The van der Waals surface area contributed by atoms with Crippen molar-refractivity contribution in [3.05, 3.63) is 63.2 Å². The third-order valence-electron chi connectivity index (χ3n) is 6.60. The van der Waals surface area contributed by atoms with Crippen LogP contribution in [0.1, 0.15) is 43.0 Å². The number of carbonyl (C=O) groups excluding carboxylic acids is 1. The summed E-state index contributed by atoms with van der Waals surface area (Å²) < 4.78 is 28.5. The van der Waals surface area contributed by atoms with Gasteiger partial charge in [0.2, 0.25) is 10.0 Å². The highest BCUT2D eigenvalue weighted by atomic mass is 35.5. The molecule has 4 unspecified atom stereocenters. The molecule has 170 valence electrons. The van der Waals surface area contributed by atoms with Crippen LogP contribution in [0.25, 0.3) is 0 Å². The molecular formula is C22H24ClN3O5S. The van der Waals surface area contributed by atoms with Crippen LogP contribution in [0.2, 0.25) is 5.02 Å². The largest absolute Gasteiger partial charge is 0.322 e. The molecule has 2 aliphatic rings. The van der Waals surface area contributed by atoms with Gasteiger partial charge in [0.05, 0.1) is 20.4 Å². The van der Waals surface area contributed by atoms with Gasteiger partial charge in [0.25, 0.3) is 11.6 Å². The number of fused-ring (bicyclic) bond motifs is 2. The minimum atomic E-state index is -3.69. The maximum absolute atomic E-state index is 12.8. The fourth-order valence-electron chi connectivity index (χ4n) is 5.02. The minimum Gasteiger partial charge on any atom is -0.322 e. The van der Waals surface area contributed by atoms with Crippen molar-refractivity contribution in [2.75, 3.05) is 5.32 Å². The van der Waals surface area contributed by atoms with E-state index >= 15 is 0 Å². The molecule has 2 fully saturated rings. The summed E-state index contributed by atoms with van der Waals surface area (Å²) in [6, 6.07) is 9.24. The van der Waals surface area contributed by atoms with Gasteiger partial charge in [0, 0.05) is 23.9 Å². The number of hydrogen-bond donors (Lipinski definition) is 2. The van der Waals surface area contributed by atoms with E-state index in [0.717, 1.165) is 18.4 Å². The van der Waals surface area contributed by atoms with E-state index in [4.69, 9.17) is 11.6 Å². The van der Waals surface area contributed by atoms with Crippen molar-refractivity contribution in [1.82, 2.24) is 4.72 Å². The van der Waals surface area contributed by atoms with Crippen molar-refractivity contribution in [3.8, 4) is 0 Å². The van der Waals surface area contributed by atoms with Crippen molar-refractivity contribution in [2.45, 2.75) is 43.5 Å². The Bertz CT molecular complexity index is 1150. The first-order valence-electron chi connectivity index (χ1n) is 10.5. The number of nitro groups is 1. The molecule has 0 radical (unpaired) electrons. The van der Waals surface area contributed by atoms with Gasteiger partial charge in [0.15, 0.2) is 0 Å². The zero-order chi connectivity index (χ0) is 23.0. The summed E-state index contributed by atoms with van der Waals surface area (Å²) in [7, 11) is -3.69. The predicted molar refractivity (Wildman–Crippen MR) is 121 cm³/mol. The second-order valence-electron chi connectivity index (χ2n) is 8.65. The van der Waals surface area contributed by atoms with E-state index in [1.54, 1.807) is 0 Å². The summed E-state index contributed by atoms with van der Waals surface area (Å²) >= 11 is 6.00. The van der Waals surface area contributed by atoms with Crippen LogP contribution < -0.4 is 10.0 Å². The second-order valence-corrected chi connectivity index (χ2v) is 10.8. The van der Waals surface area contributed by atoms with Gasteiger partial charge in [-0.05, 0) is 74.3 Å². The molecule has 0 spiro atoms. The van der Waals surface area contributed by atoms with Crippen molar-refractivity contribution < 1.29 is 18.1 Å². The van der Waals surface area contributed by atoms with Gasteiger partial charge in [0.1, 0.15) is 0 Å². The number of non-ortho nitro benzene ring substituents is 1. The molecule has 0 aliphatic heterocycles. The molecule has 4 atom stereocenters. The number of benzene rings is 2. The van der Waals surface area contributed by atoms with E-state index in [-0.39, 0.29) is 27.2 Å². The van der Waals surface area contributed by atoms with Crippen LogP contribution >= 0.6 is 11.6 Å². The van der Waals surface area contributed by atoms with Crippen molar-refractivity contribution in [1.29, 1.82) is 0 Å². The quantitative estimate of drug-likeness (QED) is 0.446. The van der Waals surface area contributed by atoms with E-state index in [2.05, 4.69) is 10.0 Å². The Morgan fingerprint density at radius 2 is 1.88 bits per heavy atom. The number of nitrogens with zero attached hydrogens (tertiary/aromatic N) is 1. The molecule has 2 aromatic carbocycles. The molecule has 2 aromatic rings. The molecule has 0 heterocycles. The van der Waals surface area contributed by atoms with Crippen LogP contribution in [-0.2, 0) is 10.0 Å². The van der Waals surface area contributed by atoms with Crippen LogP contribution in [0.15, 0.2) is 47.4 Å². The Hall–Kier alpha value is -2.49. The lowest BCUT2D eigenvalue weighted by molar-refractivity contribution is -0.384. The summed E-state index contributed by atoms with van der Waals surface area (Å²) in [6.07, 6.45) is 4.74. The lowest BCUT2D eigenvalue weighted by Gasteiger charge is -2.28. The normalized spacial score (nSPS) is 23.1. The van der Waals surface area contributed by atoms with Crippen molar-refractivity contribution >= 4 is 38.9 Å². The molecule has 2 N–H and O–H groups in total. The SMILES string of the molecule is CC(NS(=O)(=O)c1ccc(NC(=O)c2cc([N+](=O)[O-])ccc2Cl)cc1)C1CC2CCC1C2. The number of nitro benzene ring substituents is 1. The summed E-state index contributed by atoms with van der Waals surface area (Å²) in [4.78, 5) is 22.9. The zero-order valence-corrected chi connectivity index (χ0v) is 19.0. The summed E-state index contributed by atoms with van der Waals surface area (Å²) in [5.41, 5.74) is 0.0493. The molecule has 1 amide bonds. The fraction of sp³-hybridized carbons (Fsp3) is 0.409. The Kier molecular flexibility index (Phi) is 6.24. The van der Waals surface area contributed by atoms with Gasteiger partial charge in [-0.2, -0.15) is 0 Å². The molecule has 8 nitrogen and oxygen atoms in total. The standard InChI is InChI=1S/C22H24ClN3O5S/c1-13(19-11-14-2-3-15(19)10-14)25-32(30,31)18-7-4-16(5-8-18)24-22(27)20-12-17(26(28)29)6-9-21(20)23/h4-9,12-15,19,25H,2-3,10-11H2,1H3,(H,24,27). The summed E-state index contributed by atoms with van der Waals surface area (Å²) in [6.45, 7) is 1.93. The second kappa shape index (κ2) is 8.80. The van der Waals surface area contributed by atoms with Gasteiger partial charge >= 0.3 is 0 Å². The minimum absolute atomic E-state index is 0.0427. The average Bonchev–Trinajstić information content (AvgIpc) is 3.37. The maximum Gasteiger partial charge on any atom is 0.270 e. The summed E-state index contributed by atoms with van der Waals surface area (Å²) in [5, 5.41) is 13.6. The van der Waals surface area contributed by atoms with Gasteiger partial charge in [-0.1, -0.05) is 18.0 Å². The van der Waals surface area contributed by atoms with Crippen LogP contribution in [0.3, 0.4) is 0 Å². The van der Waals surface area contributed by atoms with Crippen molar-refractivity contribution in [2.24, 2.45) is 17.8 Å². The van der Waals surface area contributed by atoms with Gasteiger partial charge in [-0.25, -0.2) is 13.1 Å². The number of sulfonamides is 1. The molecule has 2 aliphatic carbocycles. The van der Waals surface area contributed by atoms with E-state index in [9.17, 15) is 23.3 Å². The monoisotopic (exact) mass is 477 g/mol. The number of hydrogen-bond acceptors (Lipinski definition) is 5. The van der Waals surface area contributed by atoms with E-state index < -0.39 is 20.9 Å². The van der Waals surface area contributed by atoms with Crippen LogP contribution in [0.4, 0.5) is 11.4 Å². The number of carbonyl (C=O) groups is 1. The zero-order valence-electron chi connectivity index (χ0n) is 17.5. The fourth-order valence-corrected chi connectivity index (χ4v) is 6.52. The highest BCUT2D eigenvalue weighted by Gasteiger charge is 2.42. The number of halogens is 1. The topological polar surface area (TPSA) is 118 Å². The third-order valence-corrected chi connectivity index (χ3v) is 8.51. The van der Waals surface area contributed by atoms with Crippen LogP contribution in [0.5, 0.6) is 0 Å². The lowest BCUT2D eigenvalue weighted by Crippen LogP contribution is -2.40. The first-order valence-corrected chi connectivity index (χ1v) is 12.4. The van der Waals surface area contributed by atoms with Crippen LogP contribution in [0, 0.1) is 27.9 Å². The van der Waals surface area contributed by atoms with Gasteiger partial charge in [-0.15, -0.1) is 0 Å². The Morgan fingerprint density at radius 3 is 2.47 bits per heavy atom. The molecule has 32 heavy (non-hydrogen) atoms. The van der Waals surface area contributed by atoms with Crippen molar-refractivity contribution in [3.63, 3.8) is 0 Å². The molecule has 2 bridgehead atoms. The lowest BCUT2D eigenvalue weighted by atomic mass is 9.84. The van der Waals surface area contributed by atoms with Gasteiger partial charge < -0.3 is 5.32 Å². The van der Waals surface area contributed by atoms with Gasteiger partial charge in [-0.3, -0.25) is 14.9 Å². The highest BCUT2D eigenvalue weighted by molar-refractivity contribution is 7.89. The molecular weight excluding hydrogens is 454 g/mol. The predicted octanol–water partition coefficient (Wildman–Crippen LogP) is 4.60. The molecule has 4 rings (SSSR count). The Morgan fingerprint density at radius 1 is 1.16 bits per heavy atom. The Labute approximate surface area is 191 Å². The first kappa shape index (κ1) is 22.7. The maximum atomic E-state index is 12.8. The third kappa shape index (κ3) is 4.65. The molecule has 2 saturated carbocycles. The number of nitrogens with one attached hydrogen (secondary N) is 2. The van der Waals surface area contributed by atoms with E-state index in [1.165, 1.54) is 55.7 Å². The van der Waals surface area contributed by atoms with Crippen LogP contribution in [-0.4, -0.2) is 25.3 Å². The number of rotatable bonds is 7. The average molecular weight is 478 g/mol. The Balaban J connectivity index is 1.43. The smallest absolute Gasteiger partial charge is 0.270 e.